The lowest BCUT2D eigenvalue weighted by molar-refractivity contribution is -0.107. The Balaban J connectivity index is 1.42. The fraction of sp³-hybridized carbons (Fsp3) is 0.158. The molecule has 1 aliphatic heterocycles. The van der Waals surface area contributed by atoms with Crippen LogP contribution in [-0.2, 0) is 11.2 Å². The molecule has 0 bridgehead atoms. The summed E-state index contributed by atoms with van der Waals surface area (Å²) in [6.07, 6.45) is 3.26. The van der Waals surface area contributed by atoms with Gasteiger partial charge in [-0.3, -0.25) is 9.59 Å². The number of ketones is 1. The van der Waals surface area contributed by atoms with E-state index in [4.69, 9.17) is 0 Å². The molecular weight excluding hydrogens is 348 g/mol. The van der Waals surface area contributed by atoms with Crippen molar-refractivity contribution < 1.29 is 9.59 Å². The van der Waals surface area contributed by atoms with Crippen LogP contribution in [0.1, 0.15) is 15.9 Å². The van der Waals surface area contributed by atoms with Gasteiger partial charge in [-0.25, -0.2) is 9.67 Å². The van der Waals surface area contributed by atoms with Crippen LogP contribution in [0.3, 0.4) is 0 Å². The van der Waals surface area contributed by atoms with Gasteiger partial charge in [0.05, 0.1) is 11.4 Å². The number of thioether (sulfide) groups is 1. The Bertz CT molecular complexity index is 955. The van der Waals surface area contributed by atoms with Crippen LogP contribution in [0.2, 0.25) is 0 Å². The van der Waals surface area contributed by atoms with Crippen LogP contribution in [0, 0.1) is 0 Å². The number of fused-ring (bicyclic) bond motifs is 1. The SMILES string of the molecule is O=CN1CCc2cc(C(=O)CSc3ncn(-c4ccccc4)n3)ccc21. The summed E-state index contributed by atoms with van der Waals surface area (Å²) < 4.78 is 1.69. The Morgan fingerprint density at radius 2 is 2.04 bits per heavy atom. The molecule has 2 aromatic carbocycles. The van der Waals surface area contributed by atoms with E-state index in [2.05, 4.69) is 10.1 Å². The van der Waals surface area contributed by atoms with E-state index < -0.39 is 0 Å². The zero-order valence-electron chi connectivity index (χ0n) is 13.9. The summed E-state index contributed by atoms with van der Waals surface area (Å²) in [7, 11) is 0. The van der Waals surface area contributed by atoms with Gasteiger partial charge in [0.15, 0.2) is 5.78 Å². The Hall–Kier alpha value is -2.93. The largest absolute Gasteiger partial charge is 0.314 e. The number of para-hydroxylation sites is 1. The predicted molar refractivity (Wildman–Crippen MR) is 100.0 cm³/mol. The lowest BCUT2D eigenvalue weighted by Crippen LogP contribution is -2.17. The fourth-order valence-electron chi connectivity index (χ4n) is 2.94. The van der Waals surface area contributed by atoms with Crippen molar-refractivity contribution in [3.63, 3.8) is 0 Å². The summed E-state index contributed by atoms with van der Waals surface area (Å²) in [5, 5.41) is 4.96. The minimum atomic E-state index is 0.0263. The van der Waals surface area contributed by atoms with Crippen LogP contribution in [0.5, 0.6) is 0 Å². The number of aromatic nitrogens is 3. The third kappa shape index (κ3) is 3.25. The third-order valence-corrected chi connectivity index (χ3v) is 5.14. The second-order valence-corrected chi connectivity index (χ2v) is 6.85. The van der Waals surface area contributed by atoms with Crippen LogP contribution in [0.25, 0.3) is 5.69 Å². The average molecular weight is 364 g/mol. The lowest BCUT2D eigenvalue weighted by atomic mass is 10.1. The number of amides is 1. The first-order chi connectivity index (χ1) is 12.7. The van der Waals surface area contributed by atoms with Gasteiger partial charge in [-0.15, -0.1) is 5.10 Å². The molecule has 2 heterocycles. The van der Waals surface area contributed by atoms with Crippen LogP contribution >= 0.6 is 11.8 Å². The second-order valence-electron chi connectivity index (χ2n) is 5.91. The molecule has 7 heteroatoms. The van der Waals surface area contributed by atoms with E-state index in [0.717, 1.165) is 29.8 Å². The molecule has 0 saturated carbocycles. The molecule has 0 atom stereocenters. The molecule has 130 valence electrons. The molecule has 0 spiro atoms. The molecule has 6 nitrogen and oxygen atoms in total. The number of nitrogens with zero attached hydrogens (tertiary/aromatic N) is 4. The number of anilines is 1. The summed E-state index contributed by atoms with van der Waals surface area (Å²) in [5.74, 6) is 0.299. The van der Waals surface area contributed by atoms with Crippen LogP contribution in [0.15, 0.2) is 60.0 Å². The van der Waals surface area contributed by atoms with Crippen molar-refractivity contribution >= 4 is 29.6 Å². The first-order valence-corrected chi connectivity index (χ1v) is 9.21. The number of hydrogen-bond donors (Lipinski definition) is 0. The molecule has 0 aliphatic carbocycles. The van der Waals surface area contributed by atoms with E-state index in [-0.39, 0.29) is 11.5 Å². The highest BCUT2D eigenvalue weighted by Crippen LogP contribution is 2.28. The molecule has 3 aromatic rings. The maximum absolute atomic E-state index is 12.5. The van der Waals surface area contributed by atoms with Crippen molar-refractivity contribution in [2.75, 3.05) is 17.2 Å². The summed E-state index contributed by atoms with van der Waals surface area (Å²) in [6, 6.07) is 15.2. The van der Waals surface area contributed by atoms with E-state index >= 15 is 0 Å². The van der Waals surface area contributed by atoms with Gasteiger partial charge in [0.1, 0.15) is 6.33 Å². The van der Waals surface area contributed by atoms with Crippen molar-refractivity contribution in [2.45, 2.75) is 11.6 Å². The van der Waals surface area contributed by atoms with Crippen LogP contribution in [-0.4, -0.2) is 39.3 Å². The van der Waals surface area contributed by atoms with Gasteiger partial charge in [0.2, 0.25) is 11.6 Å². The highest BCUT2D eigenvalue weighted by Gasteiger charge is 2.20. The van der Waals surface area contributed by atoms with Crippen molar-refractivity contribution in [1.29, 1.82) is 0 Å². The lowest BCUT2D eigenvalue weighted by Gasteiger charge is -2.10. The standard InChI is InChI=1S/C19H16N4O2S/c24-13-22-9-8-14-10-15(6-7-17(14)22)18(25)11-26-19-20-12-23(21-19)16-4-2-1-3-5-16/h1-7,10,12-13H,8-9,11H2. The molecule has 4 rings (SSSR count). The van der Waals surface area contributed by atoms with Crippen molar-refractivity contribution in [2.24, 2.45) is 0 Å². The second kappa shape index (κ2) is 7.13. The zero-order valence-corrected chi connectivity index (χ0v) is 14.7. The number of hydrogen-bond acceptors (Lipinski definition) is 5. The van der Waals surface area contributed by atoms with Crippen LogP contribution < -0.4 is 4.90 Å². The highest BCUT2D eigenvalue weighted by atomic mass is 32.2. The molecule has 0 fully saturated rings. The Morgan fingerprint density at radius 3 is 2.85 bits per heavy atom. The number of benzene rings is 2. The normalized spacial score (nSPS) is 12.8. The maximum Gasteiger partial charge on any atom is 0.214 e. The zero-order chi connectivity index (χ0) is 17.9. The molecule has 0 radical (unpaired) electrons. The number of Topliss-reactive ketones (excluding diaryl/α,β-unsaturated/α-hetero) is 1. The summed E-state index contributed by atoms with van der Waals surface area (Å²) in [6.45, 7) is 0.673. The summed E-state index contributed by atoms with van der Waals surface area (Å²) >= 11 is 1.32. The molecule has 0 N–H and O–H groups in total. The predicted octanol–water partition coefficient (Wildman–Crippen LogP) is 2.76. The van der Waals surface area contributed by atoms with E-state index in [0.29, 0.717) is 17.3 Å². The van der Waals surface area contributed by atoms with Crippen molar-refractivity contribution in [1.82, 2.24) is 14.8 Å². The smallest absolute Gasteiger partial charge is 0.214 e. The van der Waals surface area contributed by atoms with E-state index in [9.17, 15) is 9.59 Å². The number of rotatable bonds is 6. The molecule has 0 unspecified atom stereocenters. The van der Waals surface area contributed by atoms with Gasteiger partial charge >= 0.3 is 0 Å². The first kappa shape index (κ1) is 16.5. The summed E-state index contributed by atoms with van der Waals surface area (Å²) in [5.41, 5.74) is 3.52. The Labute approximate surface area is 154 Å². The molecular formula is C19H16N4O2S. The Morgan fingerprint density at radius 1 is 1.19 bits per heavy atom. The molecule has 26 heavy (non-hydrogen) atoms. The minimum absolute atomic E-state index is 0.0263. The minimum Gasteiger partial charge on any atom is -0.314 e. The van der Waals surface area contributed by atoms with Gasteiger partial charge in [-0.1, -0.05) is 30.0 Å². The topological polar surface area (TPSA) is 68.1 Å². The van der Waals surface area contributed by atoms with Crippen molar-refractivity contribution in [3.8, 4) is 5.69 Å². The van der Waals surface area contributed by atoms with Gasteiger partial charge in [0, 0.05) is 17.8 Å². The maximum atomic E-state index is 12.5. The number of carbonyl (C=O) groups is 2. The van der Waals surface area contributed by atoms with E-state index in [1.807, 2.05) is 42.5 Å². The van der Waals surface area contributed by atoms with Crippen molar-refractivity contribution in [3.05, 3.63) is 66.0 Å². The highest BCUT2D eigenvalue weighted by molar-refractivity contribution is 7.99. The average Bonchev–Trinajstić information content (AvgIpc) is 3.33. The quantitative estimate of drug-likeness (QED) is 0.382. The van der Waals surface area contributed by atoms with Gasteiger partial charge < -0.3 is 4.90 Å². The number of carbonyl (C=O) groups excluding carboxylic acids is 2. The monoisotopic (exact) mass is 364 g/mol. The van der Waals surface area contributed by atoms with E-state index in [1.54, 1.807) is 22.0 Å². The molecule has 1 aliphatic rings. The first-order valence-electron chi connectivity index (χ1n) is 8.22. The Kier molecular flexibility index (Phi) is 4.53. The molecule has 0 saturated heterocycles. The fourth-order valence-corrected chi connectivity index (χ4v) is 3.64. The summed E-state index contributed by atoms with van der Waals surface area (Å²) in [4.78, 5) is 29.4. The molecule has 1 amide bonds. The van der Waals surface area contributed by atoms with Gasteiger partial charge in [0.25, 0.3) is 0 Å². The van der Waals surface area contributed by atoms with E-state index in [1.165, 1.54) is 11.8 Å². The van der Waals surface area contributed by atoms with Crippen LogP contribution in [0.4, 0.5) is 5.69 Å². The van der Waals surface area contributed by atoms with Gasteiger partial charge in [-0.2, -0.15) is 0 Å². The third-order valence-electron chi connectivity index (χ3n) is 4.28. The van der Waals surface area contributed by atoms with Gasteiger partial charge in [-0.05, 0) is 42.3 Å². The molecule has 1 aromatic heterocycles.